The quantitative estimate of drug-likeness (QED) is 0.889. The Morgan fingerprint density at radius 3 is 2.57 bits per heavy atom. The summed E-state index contributed by atoms with van der Waals surface area (Å²) < 4.78 is 5.09. The first-order valence-corrected chi connectivity index (χ1v) is 7.20. The third-order valence-electron chi connectivity index (χ3n) is 3.16. The van der Waals surface area contributed by atoms with E-state index < -0.39 is 0 Å². The Kier molecular flexibility index (Phi) is 5.64. The van der Waals surface area contributed by atoms with Gasteiger partial charge in [0.05, 0.1) is 18.6 Å². The molecule has 0 atom stereocenters. The Bertz CT molecular complexity index is 599. The smallest absolute Gasteiger partial charge is 0.224 e. The maximum absolute atomic E-state index is 11.9. The van der Waals surface area contributed by atoms with E-state index in [1.54, 1.807) is 19.2 Å². The van der Waals surface area contributed by atoms with Gasteiger partial charge in [0.15, 0.2) is 0 Å². The van der Waals surface area contributed by atoms with Crippen LogP contribution in [0.5, 0.6) is 5.75 Å². The van der Waals surface area contributed by atoms with Crippen molar-refractivity contribution in [1.82, 2.24) is 5.32 Å². The van der Waals surface area contributed by atoms with Crippen molar-refractivity contribution in [3.05, 3.63) is 64.7 Å². The van der Waals surface area contributed by atoms with Crippen LogP contribution >= 0.6 is 11.6 Å². The standard InChI is InChI=1S/C17H18ClNO2/c1-21-16-8-7-14(11-15(16)18)12-17(20)19-10-9-13-5-3-2-4-6-13/h2-8,11H,9-10,12H2,1H3,(H,19,20). The average Bonchev–Trinajstić information content (AvgIpc) is 2.48. The molecule has 1 amide bonds. The number of hydrogen-bond donors (Lipinski definition) is 1. The molecular formula is C17H18ClNO2. The van der Waals surface area contributed by atoms with Crippen LogP contribution in [0.15, 0.2) is 48.5 Å². The maximum atomic E-state index is 11.9. The van der Waals surface area contributed by atoms with Crippen LogP contribution in [0.2, 0.25) is 5.02 Å². The molecule has 21 heavy (non-hydrogen) atoms. The molecule has 0 aliphatic rings. The lowest BCUT2D eigenvalue weighted by molar-refractivity contribution is -0.120. The van der Waals surface area contributed by atoms with Crippen molar-refractivity contribution < 1.29 is 9.53 Å². The highest BCUT2D eigenvalue weighted by Gasteiger charge is 2.06. The molecule has 0 radical (unpaired) electrons. The van der Waals surface area contributed by atoms with Crippen LogP contribution in [0.4, 0.5) is 0 Å². The fourth-order valence-corrected chi connectivity index (χ4v) is 2.34. The molecule has 0 unspecified atom stereocenters. The van der Waals surface area contributed by atoms with Gasteiger partial charge in [-0.2, -0.15) is 0 Å². The Morgan fingerprint density at radius 1 is 1.14 bits per heavy atom. The summed E-state index contributed by atoms with van der Waals surface area (Å²) in [6, 6.07) is 15.5. The zero-order valence-corrected chi connectivity index (χ0v) is 12.7. The molecule has 0 aliphatic heterocycles. The predicted octanol–water partition coefficient (Wildman–Crippen LogP) is 3.25. The number of amides is 1. The lowest BCUT2D eigenvalue weighted by atomic mass is 10.1. The maximum Gasteiger partial charge on any atom is 0.224 e. The first-order valence-electron chi connectivity index (χ1n) is 6.82. The molecule has 0 fully saturated rings. The Morgan fingerprint density at radius 2 is 1.90 bits per heavy atom. The van der Waals surface area contributed by atoms with E-state index in [-0.39, 0.29) is 5.91 Å². The monoisotopic (exact) mass is 303 g/mol. The molecular weight excluding hydrogens is 286 g/mol. The van der Waals surface area contributed by atoms with E-state index in [4.69, 9.17) is 16.3 Å². The minimum atomic E-state index is -0.00725. The topological polar surface area (TPSA) is 38.3 Å². The summed E-state index contributed by atoms with van der Waals surface area (Å²) in [5.41, 5.74) is 2.09. The van der Waals surface area contributed by atoms with Crippen molar-refractivity contribution in [2.24, 2.45) is 0 Å². The normalized spacial score (nSPS) is 10.2. The predicted molar refractivity (Wildman–Crippen MR) is 84.9 cm³/mol. The molecule has 0 saturated carbocycles. The largest absolute Gasteiger partial charge is 0.495 e. The van der Waals surface area contributed by atoms with Gasteiger partial charge in [-0.3, -0.25) is 4.79 Å². The van der Waals surface area contributed by atoms with Crippen molar-refractivity contribution in [1.29, 1.82) is 0 Å². The summed E-state index contributed by atoms with van der Waals surface area (Å²) in [7, 11) is 1.57. The number of ether oxygens (including phenoxy) is 1. The zero-order chi connectivity index (χ0) is 15.1. The molecule has 0 aliphatic carbocycles. The summed E-state index contributed by atoms with van der Waals surface area (Å²) in [5.74, 6) is 0.608. The summed E-state index contributed by atoms with van der Waals surface area (Å²) in [5, 5.41) is 3.43. The van der Waals surface area contributed by atoms with Crippen molar-refractivity contribution in [2.75, 3.05) is 13.7 Å². The van der Waals surface area contributed by atoms with Gasteiger partial charge in [-0.1, -0.05) is 48.0 Å². The second-order valence-corrected chi connectivity index (χ2v) is 5.14. The molecule has 2 aromatic carbocycles. The number of carbonyl (C=O) groups is 1. The van der Waals surface area contributed by atoms with Gasteiger partial charge in [0.25, 0.3) is 0 Å². The summed E-state index contributed by atoms with van der Waals surface area (Å²) in [6.45, 7) is 0.632. The van der Waals surface area contributed by atoms with Crippen LogP contribution in [0, 0.1) is 0 Å². The molecule has 2 aromatic rings. The van der Waals surface area contributed by atoms with Crippen LogP contribution in [0.1, 0.15) is 11.1 Å². The number of carbonyl (C=O) groups excluding carboxylic acids is 1. The average molecular weight is 304 g/mol. The molecule has 3 nitrogen and oxygen atoms in total. The molecule has 2 rings (SSSR count). The second-order valence-electron chi connectivity index (χ2n) is 4.73. The third-order valence-corrected chi connectivity index (χ3v) is 3.45. The fourth-order valence-electron chi connectivity index (χ4n) is 2.06. The van der Waals surface area contributed by atoms with Crippen molar-refractivity contribution >= 4 is 17.5 Å². The van der Waals surface area contributed by atoms with Gasteiger partial charge in [0.2, 0.25) is 5.91 Å². The van der Waals surface area contributed by atoms with Gasteiger partial charge in [-0.25, -0.2) is 0 Å². The van der Waals surface area contributed by atoms with Crippen molar-refractivity contribution in [3.63, 3.8) is 0 Å². The van der Waals surface area contributed by atoms with Crippen LogP contribution in [0.3, 0.4) is 0 Å². The Labute approximate surface area is 129 Å². The minimum absolute atomic E-state index is 0.00725. The molecule has 0 spiro atoms. The van der Waals surface area contributed by atoms with Gasteiger partial charge < -0.3 is 10.1 Å². The molecule has 4 heteroatoms. The van der Waals surface area contributed by atoms with E-state index >= 15 is 0 Å². The van der Waals surface area contributed by atoms with Crippen molar-refractivity contribution in [3.8, 4) is 5.75 Å². The van der Waals surface area contributed by atoms with Crippen LogP contribution in [-0.2, 0) is 17.6 Å². The lowest BCUT2D eigenvalue weighted by Crippen LogP contribution is -2.27. The molecule has 0 heterocycles. The third kappa shape index (κ3) is 4.80. The van der Waals surface area contributed by atoms with Gasteiger partial charge in [-0.15, -0.1) is 0 Å². The lowest BCUT2D eigenvalue weighted by Gasteiger charge is -2.07. The fraction of sp³-hybridized carbons (Fsp3) is 0.235. The van der Waals surface area contributed by atoms with Crippen LogP contribution in [0.25, 0.3) is 0 Å². The number of rotatable bonds is 6. The van der Waals surface area contributed by atoms with E-state index in [0.717, 1.165) is 12.0 Å². The molecule has 0 bridgehead atoms. The first kappa shape index (κ1) is 15.4. The number of hydrogen-bond acceptors (Lipinski definition) is 2. The molecule has 0 saturated heterocycles. The minimum Gasteiger partial charge on any atom is -0.495 e. The molecule has 1 N–H and O–H groups in total. The van der Waals surface area contributed by atoms with Gasteiger partial charge in [0, 0.05) is 6.54 Å². The van der Waals surface area contributed by atoms with Gasteiger partial charge in [0.1, 0.15) is 5.75 Å². The van der Waals surface area contributed by atoms with Gasteiger partial charge in [-0.05, 0) is 29.7 Å². The SMILES string of the molecule is COc1ccc(CC(=O)NCCc2ccccc2)cc1Cl. The van der Waals surface area contributed by atoms with Gasteiger partial charge >= 0.3 is 0 Å². The summed E-state index contributed by atoms with van der Waals surface area (Å²) >= 11 is 6.04. The van der Waals surface area contributed by atoms with E-state index in [1.165, 1.54) is 5.56 Å². The van der Waals surface area contributed by atoms with E-state index in [2.05, 4.69) is 17.4 Å². The van der Waals surface area contributed by atoms with Crippen molar-refractivity contribution in [2.45, 2.75) is 12.8 Å². The number of halogens is 1. The van der Waals surface area contributed by atoms with Crippen LogP contribution in [-0.4, -0.2) is 19.6 Å². The number of benzene rings is 2. The highest BCUT2D eigenvalue weighted by Crippen LogP contribution is 2.24. The van der Waals surface area contributed by atoms with E-state index in [1.807, 2.05) is 24.3 Å². The van der Waals surface area contributed by atoms with E-state index in [0.29, 0.717) is 23.7 Å². The Hall–Kier alpha value is -2.00. The highest BCUT2D eigenvalue weighted by atomic mass is 35.5. The second kappa shape index (κ2) is 7.70. The molecule has 0 aromatic heterocycles. The molecule has 110 valence electrons. The zero-order valence-electron chi connectivity index (χ0n) is 11.9. The number of nitrogens with one attached hydrogen (secondary N) is 1. The highest BCUT2D eigenvalue weighted by molar-refractivity contribution is 6.32. The Balaban J connectivity index is 1.80. The van der Waals surface area contributed by atoms with Crippen LogP contribution < -0.4 is 10.1 Å². The summed E-state index contributed by atoms with van der Waals surface area (Å²) in [4.78, 5) is 11.9. The summed E-state index contributed by atoms with van der Waals surface area (Å²) in [6.07, 6.45) is 1.15. The first-order chi connectivity index (χ1) is 10.2. The van der Waals surface area contributed by atoms with E-state index in [9.17, 15) is 4.79 Å². The number of methoxy groups -OCH3 is 1.